The first kappa shape index (κ1) is 21.7. The summed E-state index contributed by atoms with van der Waals surface area (Å²) in [6, 6.07) is 5.48. The van der Waals surface area contributed by atoms with Gasteiger partial charge in [-0.3, -0.25) is 9.59 Å². The minimum atomic E-state index is -2.29. The smallest absolute Gasteiger partial charge is 0.338 e. The lowest BCUT2D eigenvalue weighted by atomic mass is 9.72. The monoisotopic (exact) mass is 436 g/mol. The molecule has 4 N–H and O–H groups in total. The Kier molecular flexibility index (Phi) is 5.29. The second-order valence-corrected chi connectivity index (χ2v) is 8.52. The highest BCUT2D eigenvalue weighted by molar-refractivity contribution is 5.97. The molecule has 1 saturated carbocycles. The maximum atomic E-state index is 13.2. The van der Waals surface area contributed by atoms with Gasteiger partial charge in [-0.15, -0.1) is 0 Å². The highest BCUT2D eigenvalue weighted by Crippen LogP contribution is 2.49. The fraction of sp³-hybridized carbons (Fsp3) is 0.571. The van der Waals surface area contributed by atoms with Gasteiger partial charge in [-0.1, -0.05) is 6.92 Å². The second kappa shape index (κ2) is 7.56. The Morgan fingerprint density at radius 1 is 1.19 bits per heavy atom. The first-order valence-electron chi connectivity index (χ1n) is 10.1. The Morgan fingerprint density at radius 3 is 2.52 bits per heavy atom. The predicted molar refractivity (Wildman–Crippen MR) is 101 cm³/mol. The molecule has 1 aromatic carbocycles. The summed E-state index contributed by atoms with van der Waals surface area (Å²) in [5.74, 6) is -5.93. The van der Waals surface area contributed by atoms with Gasteiger partial charge in [-0.25, -0.2) is 4.79 Å². The minimum absolute atomic E-state index is 0.00559. The minimum Gasteiger partial charge on any atom is -0.508 e. The highest BCUT2D eigenvalue weighted by Gasteiger charge is 2.70. The molecule has 1 aliphatic carbocycles. The lowest BCUT2D eigenvalue weighted by Crippen LogP contribution is -2.61. The lowest BCUT2D eigenvalue weighted by Gasteiger charge is -2.39. The van der Waals surface area contributed by atoms with Gasteiger partial charge in [0.05, 0.1) is 24.2 Å². The van der Waals surface area contributed by atoms with Crippen molar-refractivity contribution in [2.45, 2.75) is 55.9 Å². The number of ketones is 1. The first-order chi connectivity index (χ1) is 14.6. The number of hydrogen-bond acceptors (Lipinski definition) is 9. The second-order valence-electron chi connectivity index (χ2n) is 8.52. The van der Waals surface area contributed by atoms with Gasteiger partial charge in [-0.2, -0.15) is 0 Å². The molecule has 3 fully saturated rings. The molecule has 1 spiro atoms. The van der Waals surface area contributed by atoms with Crippen LogP contribution < -0.4 is 0 Å². The average molecular weight is 436 g/mol. The summed E-state index contributed by atoms with van der Waals surface area (Å²) in [4.78, 5) is 37.1. The van der Waals surface area contributed by atoms with Crippen LogP contribution in [0.25, 0.3) is 0 Å². The van der Waals surface area contributed by atoms with Gasteiger partial charge in [0.2, 0.25) is 11.6 Å². The van der Waals surface area contributed by atoms with Gasteiger partial charge in [0.1, 0.15) is 18.0 Å². The number of benzene rings is 1. The van der Waals surface area contributed by atoms with E-state index in [0.717, 1.165) is 0 Å². The highest BCUT2D eigenvalue weighted by atomic mass is 16.7. The molecule has 4 rings (SSSR count). The summed E-state index contributed by atoms with van der Waals surface area (Å²) in [7, 11) is 0. The Bertz CT molecular complexity index is 898. The first-order valence-corrected chi connectivity index (χ1v) is 10.1. The molecular weight excluding hydrogens is 412 g/mol. The van der Waals surface area contributed by atoms with Crippen LogP contribution >= 0.6 is 0 Å². The molecule has 7 atom stereocenters. The average Bonchev–Trinajstić information content (AvgIpc) is 2.94. The number of carboxylic acid groups (broad SMARTS) is 1. The number of ether oxygens (including phenoxy) is 3. The number of aromatic hydroxyl groups is 1. The summed E-state index contributed by atoms with van der Waals surface area (Å²) in [5.41, 5.74) is -2.09. The van der Waals surface area contributed by atoms with E-state index in [1.165, 1.54) is 24.3 Å². The molecule has 168 valence electrons. The van der Waals surface area contributed by atoms with E-state index in [1.807, 2.05) is 0 Å². The maximum Gasteiger partial charge on any atom is 0.338 e. The van der Waals surface area contributed by atoms with Crippen molar-refractivity contribution in [1.29, 1.82) is 0 Å². The molecule has 31 heavy (non-hydrogen) atoms. The summed E-state index contributed by atoms with van der Waals surface area (Å²) in [6.45, 7) is 1.75. The summed E-state index contributed by atoms with van der Waals surface area (Å²) < 4.78 is 17.0. The van der Waals surface area contributed by atoms with Crippen molar-refractivity contribution in [3.63, 3.8) is 0 Å². The van der Waals surface area contributed by atoms with E-state index in [4.69, 9.17) is 14.2 Å². The number of carbonyl (C=O) groups excluding carboxylic acids is 2. The Hall–Kier alpha value is -2.53. The predicted octanol–water partition coefficient (Wildman–Crippen LogP) is 0.225. The summed E-state index contributed by atoms with van der Waals surface area (Å²) in [5, 5.41) is 40.0. The third-order valence-electron chi connectivity index (χ3n) is 6.44. The van der Waals surface area contributed by atoms with Crippen LogP contribution in [-0.2, 0) is 23.8 Å². The summed E-state index contributed by atoms with van der Waals surface area (Å²) >= 11 is 0. The van der Waals surface area contributed by atoms with E-state index in [9.17, 15) is 34.8 Å². The number of rotatable bonds is 3. The number of aliphatic hydroxyl groups is 2. The maximum absolute atomic E-state index is 13.2. The lowest BCUT2D eigenvalue weighted by molar-refractivity contribution is -0.266. The van der Waals surface area contributed by atoms with Crippen molar-refractivity contribution >= 4 is 17.7 Å². The van der Waals surface area contributed by atoms with E-state index in [0.29, 0.717) is 0 Å². The van der Waals surface area contributed by atoms with E-state index >= 15 is 0 Å². The molecule has 2 aliphatic heterocycles. The van der Waals surface area contributed by atoms with Crippen molar-refractivity contribution in [2.75, 3.05) is 6.61 Å². The van der Waals surface area contributed by atoms with Crippen LogP contribution in [0, 0.1) is 11.8 Å². The number of Topliss-reactive ketones (excluding diaryl/α,β-unsaturated/α-hetero) is 1. The zero-order valence-corrected chi connectivity index (χ0v) is 16.8. The van der Waals surface area contributed by atoms with Crippen LogP contribution in [0.4, 0.5) is 0 Å². The van der Waals surface area contributed by atoms with Gasteiger partial charge in [0.15, 0.2) is 5.60 Å². The molecule has 10 nitrogen and oxygen atoms in total. The molecule has 3 aliphatic rings. The van der Waals surface area contributed by atoms with Gasteiger partial charge in [0, 0.05) is 12.3 Å². The van der Waals surface area contributed by atoms with Crippen LogP contribution in [0.1, 0.15) is 36.5 Å². The number of esters is 1. The zero-order chi connectivity index (χ0) is 22.6. The largest absolute Gasteiger partial charge is 0.508 e. The van der Waals surface area contributed by atoms with Crippen molar-refractivity contribution in [3.8, 4) is 5.75 Å². The van der Waals surface area contributed by atoms with Crippen LogP contribution in [0.2, 0.25) is 0 Å². The van der Waals surface area contributed by atoms with E-state index in [2.05, 4.69) is 0 Å². The number of aliphatic carboxylic acids is 1. The SMILES string of the molecule is C[C@@H]1CO[C@@]2(C[C@@H]1OC(=O)c1ccc(O)cc1)O[C@@H]1C[C@@H](C(=O)O)C[C@@H](O)[C@]1(O)C2=O. The van der Waals surface area contributed by atoms with Gasteiger partial charge in [0.25, 0.3) is 0 Å². The van der Waals surface area contributed by atoms with Crippen LogP contribution in [0.5, 0.6) is 5.75 Å². The topological polar surface area (TPSA) is 160 Å². The van der Waals surface area contributed by atoms with Crippen molar-refractivity contribution in [1.82, 2.24) is 0 Å². The molecule has 1 aromatic rings. The van der Waals surface area contributed by atoms with E-state index in [-0.39, 0.29) is 43.1 Å². The number of aliphatic hydroxyl groups excluding tert-OH is 1. The van der Waals surface area contributed by atoms with Gasteiger partial charge < -0.3 is 34.6 Å². The molecule has 2 saturated heterocycles. The normalized spacial score (nSPS) is 39.8. The third kappa shape index (κ3) is 3.49. The Morgan fingerprint density at radius 2 is 1.87 bits per heavy atom. The Balaban J connectivity index is 1.55. The van der Waals surface area contributed by atoms with E-state index < -0.39 is 53.3 Å². The molecule has 0 aromatic heterocycles. The van der Waals surface area contributed by atoms with Crippen molar-refractivity contribution < 1.29 is 49.0 Å². The molecule has 0 amide bonds. The van der Waals surface area contributed by atoms with E-state index in [1.54, 1.807) is 6.92 Å². The quantitative estimate of drug-likeness (QED) is 0.483. The zero-order valence-electron chi connectivity index (χ0n) is 16.8. The number of carbonyl (C=O) groups is 3. The van der Waals surface area contributed by atoms with Gasteiger partial charge >= 0.3 is 11.9 Å². The number of hydrogen-bond donors (Lipinski definition) is 4. The number of phenolic OH excluding ortho intramolecular Hbond substituents is 1. The van der Waals surface area contributed by atoms with Gasteiger partial charge in [-0.05, 0) is 37.1 Å². The third-order valence-corrected chi connectivity index (χ3v) is 6.44. The molecule has 0 bridgehead atoms. The van der Waals surface area contributed by atoms with Crippen LogP contribution in [0.15, 0.2) is 24.3 Å². The molecule has 10 heteroatoms. The molecule has 2 heterocycles. The van der Waals surface area contributed by atoms with Crippen molar-refractivity contribution in [2.24, 2.45) is 11.8 Å². The molecule has 0 radical (unpaired) electrons. The molecule has 0 unspecified atom stereocenters. The number of phenols is 1. The number of fused-ring (bicyclic) bond motifs is 1. The van der Waals surface area contributed by atoms with Crippen LogP contribution in [-0.4, -0.2) is 74.5 Å². The fourth-order valence-electron chi connectivity index (χ4n) is 4.52. The summed E-state index contributed by atoms with van der Waals surface area (Å²) in [6.07, 6.45) is -4.33. The standard InChI is InChI=1S/C21H24O10/c1-10-9-29-20(8-14(10)30-18(26)11-2-4-13(22)5-3-11)19(27)21(28)15(23)6-12(17(24)25)7-16(21)31-20/h2-5,10,12,14-16,22-23,28H,6-9H2,1H3,(H,24,25)/t10-,12+,14+,15-,16-,20+,21-/m1/s1. The van der Waals surface area contributed by atoms with Crippen molar-refractivity contribution in [3.05, 3.63) is 29.8 Å². The van der Waals surface area contributed by atoms with Crippen LogP contribution in [0.3, 0.4) is 0 Å². The molecular formula is C21H24O10. The number of carboxylic acids is 1. The fourth-order valence-corrected chi connectivity index (χ4v) is 4.52. The Labute approximate surface area is 177 Å².